The summed E-state index contributed by atoms with van der Waals surface area (Å²) in [4.78, 5) is 2.50. The number of likely N-dealkylation sites (N-methyl/N-ethyl adjacent to an activating group) is 1. The molecule has 1 rings (SSSR count). The summed E-state index contributed by atoms with van der Waals surface area (Å²) in [6.07, 6.45) is 6.39. The summed E-state index contributed by atoms with van der Waals surface area (Å²) in [6.45, 7) is 7.97. The lowest BCUT2D eigenvalue weighted by Gasteiger charge is -2.41. The zero-order valence-electron chi connectivity index (χ0n) is 9.18. The van der Waals surface area contributed by atoms with Gasteiger partial charge in [0.2, 0.25) is 0 Å². The molecule has 13 heavy (non-hydrogen) atoms. The molecule has 0 spiro atoms. The van der Waals surface area contributed by atoms with E-state index in [-0.39, 0.29) is 5.54 Å². The van der Waals surface area contributed by atoms with E-state index in [1.54, 1.807) is 0 Å². The third-order valence-electron chi connectivity index (χ3n) is 3.16. The van der Waals surface area contributed by atoms with Gasteiger partial charge in [-0.15, -0.1) is 0 Å². The van der Waals surface area contributed by atoms with Gasteiger partial charge in [-0.05, 0) is 38.8 Å². The minimum atomic E-state index is 0.170. The van der Waals surface area contributed by atoms with Crippen LogP contribution in [0.5, 0.6) is 0 Å². The summed E-state index contributed by atoms with van der Waals surface area (Å²) in [5, 5.41) is 0. The van der Waals surface area contributed by atoms with E-state index in [0.29, 0.717) is 0 Å². The Labute approximate surface area is 82.5 Å². The maximum Gasteiger partial charge on any atom is 0.0283 e. The molecule has 0 aromatic heterocycles. The molecular formula is C11H24N2. The van der Waals surface area contributed by atoms with Gasteiger partial charge in [0.25, 0.3) is 0 Å². The first-order valence-electron chi connectivity index (χ1n) is 5.71. The van der Waals surface area contributed by atoms with E-state index in [1.807, 2.05) is 0 Å². The smallest absolute Gasteiger partial charge is 0.0283 e. The molecule has 0 aromatic rings. The highest BCUT2D eigenvalue weighted by Gasteiger charge is 2.33. The van der Waals surface area contributed by atoms with Crippen LogP contribution in [0.4, 0.5) is 0 Å². The number of hydrogen-bond acceptors (Lipinski definition) is 2. The van der Waals surface area contributed by atoms with E-state index in [0.717, 1.165) is 13.1 Å². The molecule has 0 saturated heterocycles. The molecule has 1 fully saturated rings. The Hall–Kier alpha value is -0.0800. The van der Waals surface area contributed by atoms with Crippen molar-refractivity contribution in [2.45, 2.75) is 51.5 Å². The van der Waals surface area contributed by atoms with E-state index >= 15 is 0 Å². The van der Waals surface area contributed by atoms with Crippen LogP contribution >= 0.6 is 0 Å². The van der Waals surface area contributed by atoms with Gasteiger partial charge in [-0.25, -0.2) is 0 Å². The molecule has 2 heteroatoms. The number of nitrogens with zero attached hydrogens (tertiary/aromatic N) is 1. The Morgan fingerprint density at radius 1 is 1.31 bits per heavy atom. The van der Waals surface area contributed by atoms with Gasteiger partial charge in [0, 0.05) is 12.1 Å². The van der Waals surface area contributed by atoms with E-state index < -0.39 is 0 Å². The quantitative estimate of drug-likeness (QED) is 0.684. The van der Waals surface area contributed by atoms with Crippen molar-refractivity contribution in [3.8, 4) is 0 Å². The zero-order valence-corrected chi connectivity index (χ0v) is 9.18. The molecule has 78 valence electrons. The number of rotatable bonds is 6. The first-order valence-corrected chi connectivity index (χ1v) is 5.71. The van der Waals surface area contributed by atoms with Crippen LogP contribution in [-0.2, 0) is 0 Å². The Morgan fingerprint density at radius 2 is 2.00 bits per heavy atom. The maximum atomic E-state index is 6.21. The first-order chi connectivity index (χ1) is 6.20. The molecule has 0 aromatic carbocycles. The fourth-order valence-electron chi connectivity index (χ4n) is 1.97. The van der Waals surface area contributed by atoms with E-state index in [9.17, 15) is 0 Å². The number of hydrogen-bond donors (Lipinski definition) is 1. The predicted octanol–water partition coefficient (Wildman–Crippen LogP) is 1.99. The zero-order chi connectivity index (χ0) is 9.73. The Morgan fingerprint density at radius 3 is 2.38 bits per heavy atom. The second-order valence-electron chi connectivity index (χ2n) is 4.44. The summed E-state index contributed by atoms with van der Waals surface area (Å²) in [6, 6.07) is 0. The molecule has 1 aliphatic carbocycles. The molecule has 0 atom stereocenters. The van der Waals surface area contributed by atoms with Gasteiger partial charge < -0.3 is 10.6 Å². The van der Waals surface area contributed by atoms with Crippen LogP contribution in [-0.4, -0.2) is 30.1 Å². The standard InChI is InChI=1S/C11H24N2/c1-3-5-9-13(4-2)10-11(12)7-6-8-11/h3-10,12H2,1-2H3. The van der Waals surface area contributed by atoms with Gasteiger partial charge in [0.15, 0.2) is 0 Å². The lowest BCUT2D eigenvalue weighted by atomic mass is 9.77. The predicted molar refractivity (Wildman–Crippen MR) is 57.8 cm³/mol. The van der Waals surface area contributed by atoms with Crippen molar-refractivity contribution in [1.82, 2.24) is 4.90 Å². The first kappa shape index (κ1) is 11.0. The van der Waals surface area contributed by atoms with E-state index in [2.05, 4.69) is 18.7 Å². The summed E-state index contributed by atoms with van der Waals surface area (Å²) >= 11 is 0. The topological polar surface area (TPSA) is 29.3 Å². The molecule has 2 N–H and O–H groups in total. The molecule has 0 radical (unpaired) electrons. The van der Waals surface area contributed by atoms with Gasteiger partial charge >= 0.3 is 0 Å². The normalized spacial score (nSPS) is 20.3. The van der Waals surface area contributed by atoms with Crippen molar-refractivity contribution in [1.29, 1.82) is 0 Å². The minimum Gasteiger partial charge on any atom is -0.324 e. The van der Waals surface area contributed by atoms with Crippen LogP contribution in [0.3, 0.4) is 0 Å². The summed E-state index contributed by atoms with van der Waals surface area (Å²) in [7, 11) is 0. The van der Waals surface area contributed by atoms with E-state index in [1.165, 1.54) is 38.6 Å². The highest BCUT2D eigenvalue weighted by Crippen LogP contribution is 2.29. The van der Waals surface area contributed by atoms with Crippen LogP contribution in [0.2, 0.25) is 0 Å². The van der Waals surface area contributed by atoms with Crippen LogP contribution in [0.15, 0.2) is 0 Å². The Kier molecular flexibility index (Phi) is 4.20. The van der Waals surface area contributed by atoms with Crippen molar-refractivity contribution in [3.63, 3.8) is 0 Å². The highest BCUT2D eigenvalue weighted by molar-refractivity contribution is 4.94. The van der Waals surface area contributed by atoms with Gasteiger partial charge in [-0.2, -0.15) is 0 Å². The van der Waals surface area contributed by atoms with Gasteiger partial charge in [-0.3, -0.25) is 0 Å². The van der Waals surface area contributed by atoms with Gasteiger partial charge in [0.1, 0.15) is 0 Å². The average molecular weight is 184 g/mol. The molecule has 2 nitrogen and oxygen atoms in total. The monoisotopic (exact) mass is 184 g/mol. The van der Waals surface area contributed by atoms with Crippen molar-refractivity contribution < 1.29 is 0 Å². The van der Waals surface area contributed by atoms with Crippen molar-refractivity contribution in [3.05, 3.63) is 0 Å². The van der Waals surface area contributed by atoms with Crippen LogP contribution in [0, 0.1) is 0 Å². The molecule has 0 unspecified atom stereocenters. The summed E-state index contributed by atoms with van der Waals surface area (Å²) in [5.74, 6) is 0. The van der Waals surface area contributed by atoms with Crippen LogP contribution in [0.1, 0.15) is 46.0 Å². The number of unbranched alkanes of at least 4 members (excludes halogenated alkanes) is 1. The third-order valence-corrected chi connectivity index (χ3v) is 3.16. The Balaban J connectivity index is 2.22. The lowest BCUT2D eigenvalue weighted by Crippen LogP contribution is -2.55. The van der Waals surface area contributed by atoms with Crippen LogP contribution < -0.4 is 5.73 Å². The van der Waals surface area contributed by atoms with Gasteiger partial charge in [0.05, 0.1) is 0 Å². The summed E-state index contributed by atoms with van der Waals surface area (Å²) < 4.78 is 0. The fourth-order valence-corrected chi connectivity index (χ4v) is 1.97. The molecule has 0 aliphatic heterocycles. The lowest BCUT2D eigenvalue weighted by molar-refractivity contribution is 0.148. The summed E-state index contributed by atoms with van der Waals surface area (Å²) in [5.41, 5.74) is 6.38. The third kappa shape index (κ3) is 3.28. The highest BCUT2D eigenvalue weighted by atomic mass is 15.1. The van der Waals surface area contributed by atoms with Crippen LogP contribution in [0.25, 0.3) is 0 Å². The molecule has 0 bridgehead atoms. The number of nitrogens with two attached hydrogens (primary N) is 1. The Bertz CT molecular complexity index is 141. The molecule has 1 aliphatic rings. The SMILES string of the molecule is CCCCN(CC)CC1(N)CCC1. The van der Waals surface area contributed by atoms with Crippen molar-refractivity contribution in [2.24, 2.45) is 5.73 Å². The van der Waals surface area contributed by atoms with Crippen molar-refractivity contribution in [2.75, 3.05) is 19.6 Å². The second kappa shape index (κ2) is 4.97. The molecule has 1 saturated carbocycles. The minimum absolute atomic E-state index is 0.170. The molecular weight excluding hydrogens is 160 g/mol. The average Bonchev–Trinajstić information content (AvgIpc) is 2.09. The maximum absolute atomic E-state index is 6.21. The second-order valence-corrected chi connectivity index (χ2v) is 4.44. The van der Waals surface area contributed by atoms with Crippen molar-refractivity contribution >= 4 is 0 Å². The largest absolute Gasteiger partial charge is 0.324 e. The fraction of sp³-hybridized carbons (Fsp3) is 1.00. The molecule has 0 heterocycles. The van der Waals surface area contributed by atoms with E-state index in [4.69, 9.17) is 5.73 Å². The molecule has 0 amide bonds. The van der Waals surface area contributed by atoms with Gasteiger partial charge in [-0.1, -0.05) is 20.3 Å².